The van der Waals surface area contributed by atoms with Crippen LogP contribution in [0.3, 0.4) is 0 Å². The van der Waals surface area contributed by atoms with Crippen molar-refractivity contribution in [2.75, 3.05) is 12.0 Å². The summed E-state index contributed by atoms with van der Waals surface area (Å²) in [4.78, 5) is 31.5. The molecule has 1 aliphatic rings. The molecule has 2 amide bonds. The number of nitrogens with zero attached hydrogens (tertiary/aromatic N) is 5. The van der Waals surface area contributed by atoms with E-state index in [0.29, 0.717) is 22.8 Å². The Morgan fingerprint density at radius 3 is 2.63 bits per heavy atom. The molecule has 1 fully saturated rings. The van der Waals surface area contributed by atoms with Gasteiger partial charge in [-0.3, -0.25) is 14.5 Å². The van der Waals surface area contributed by atoms with E-state index >= 15 is 0 Å². The van der Waals surface area contributed by atoms with Crippen LogP contribution >= 0.6 is 11.3 Å². The summed E-state index contributed by atoms with van der Waals surface area (Å²) in [5, 5.41) is 17.7. The molecule has 1 aliphatic carbocycles. The van der Waals surface area contributed by atoms with Gasteiger partial charge in [-0.2, -0.15) is 4.80 Å². The van der Waals surface area contributed by atoms with Gasteiger partial charge in [-0.1, -0.05) is 54.8 Å². The van der Waals surface area contributed by atoms with E-state index in [0.717, 1.165) is 36.1 Å². The van der Waals surface area contributed by atoms with Crippen LogP contribution in [0.25, 0.3) is 10.7 Å². The van der Waals surface area contributed by atoms with Crippen LogP contribution in [0.2, 0.25) is 0 Å². The highest BCUT2D eigenvalue weighted by atomic mass is 32.1. The Balaban J connectivity index is 1.53. The number of thiophene rings is 1. The number of hydrogen-bond donors (Lipinski definition) is 1. The quantitative estimate of drug-likeness (QED) is 0.341. The van der Waals surface area contributed by atoms with Gasteiger partial charge in [0.25, 0.3) is 5.91 Å². The van der Waals surface area contributed by atoms with Crippen molar-refractivity contribution < 1.29 is 14.3 Å². The number of methoxy groups -OCH3 is 1. The average molecular weight is 531 g/mol. The summed E-state index contributed by atoms with van der Waals surface area (Å²) in [5.74, 6) is 0.469. The van der Waals surface area contributed by atoms with Crippen LogP contribution in [0.15, 0.2) is 66.0 Å². The van der Waals surface area contributed by atoms with Gasteiger partial charge in [0, 0.05) is 17.8 Å². The Kier molecular flexibility index (Phi) is 7.78. The van der Waals surface area contributed by atoms with Gasteiger partial charge in [0.1, 0.15) is 18.3 Å². The molecular weight excluding hydrogens is 500 g/mol. The molecule has 2 heterocycles. The van der Waals surface area contributed by atoms with E-state index in [-0.39, 0.29) is 24.4 Å². The molecule has 5 rings (SSSR count). The molecular formula is C28H30N6O3S. The predicted molar refractivity (Wildman–Crippen MR) is 146 cm³/mol. The lowest BCUT2D eigenvalue weighted by atomic mass is 10.0. The maximum Gasteiger partial charge on any atom is 0.251 e. The van der Waals surface area contributed by atoms with E-state index < -0.39 is 6.04 Å². The molecule has 1 N–H and O–H groups in total. The van der Waals surface area contributed by atoms with Crippen LogP contribution in [0.5, 0.6) is 5.75 Å². The first-order valence-corrected chi connectivity index (χ1v) is 13.5. The zero-order valence-corrected chi connectivity index (χ0v) is 22.2. The minimum atomic E-state index is -0.893. The number of anilines is 1. The smallest absolute Gasteiger partial charge is 0.251 e. The number of ether oxygens (including phenoxy) is 1. The van der Waals surface area contributed by atoms with E-state index in [9.17, 15) is 9.59 Å². The lowest BCUT2D eigenvalue weighted by Gasteiger charge is -2.32. The largest absolute Gasteiger partial charge is 0.497 e. The SMILES string of the molecule is COc1cccc(N(C(=O)Cn2nnc(-c3cccs3)n2)C(C(=O)NC2CCCC2)c2ccc(C)cc2)c1. The lowest BCUT2D eigenvalue weighted by molar-refractivity contribution is -0.127. The van der Waals surface area contributed by atoms with Gasteiger partial charge in [0.2, 0.25) is 11.7 Å². The summed E-state index contributed by atoms with van der Waals surface area (Å²) in [6, 6.07) is 17.9. The molecule has 9 nitrogen and oxygen atoms in total. The number of carbonyl (C=O) groups is 2. The number of carbonyl (C=O) groups excluding carboxylic acids is 2. The Hall–Kier alpha value is -4.05. The molecule has 4 aromatic rings. The van der Waals surface area contributed by atoms with Crippen LogP contribution in [0.4, 0.5) is 5.69 Å². The topological polar surface area (TPSA) is 102 Å². The fourth-order valence-electron chi connectivity index (χ4n) is 4.73. The number of aromatic nitrogens is 4. The zero-order valence-electron chi connectivity index (χ0n) is 21.4. The summed E-state index contributed by atoms with van der Waals surface area (Å²) >= 11 is 1.50. The summed E-state index contributed by atoms with van der Waals surface area (Å²) in [7, 11) is 1.57. The second kappa shape index (κ2) is 11.6. The summed E-state index contributed by atoms with van der Waals surface area (Å²) in [6.45, 7) is 1.80. The molecule has 0 saturated heterocycles. The highest BCUT2D eigenvalue weighted by molar-refractivity contribution is 7.13. The van der Waals surface area contributed by atoms with Gasteiger partial charge in [-0.05, 0) is 54.1 Å². The summed E-state index contributed by atoms with van der Waals surface area (Å²) in [5.41, 5.74) is 2.32. The Morgan fingerprint density at radius 2 is 1.92 bits per heavy atom. The third-order valence-electron chi connectivity index (χ3n) is 6.67. The first-order chi connectivity index (χ1) is 18.5. The Bertz CT molecular complexity index is 1380. The van der Waals surface area contributed by atoms with Gasteiger partial charge >= 0.3 is 0 Å². The second-order valence-corrected chi connectivity index (χ2v) is 10.3. The predicted octanol–water partition coefficient (Wildman–Crippen LogP) is 4.55. The van der Waals surface area contributed by atoms with Crippen molar-refractivity contribution in [1.29, 1.82) is 0 Å². The minimum absolute atomic E-state index is 0.100. The molecule has 1 atom stereocenters. The first kappa shape index (κ1) is 25.6. The van der Waals surface area contributed by atoms with Crippen LogP contribution < -0.4 is 15.0 Å². The molecule has 0 aliphatic heterocycles. The molecule has 2 aromatic heterocycles. The third-order valence-corrected chi connectivity index (χ3v) is 7.54. The number of benzene rings is 2. The second-order valence-electron chi connectivity index (χ2n) is 9.39. The van der Waals surface area contributed by atoms with Crippen LogP contribution in [0, 0.1) is 6.92 Å². The van der Waals surface area contributed by atoms with Crippen molar-refractivity contribution in [1.82, 2.24) is 25.5 Å². The summed E-state index contributed by atoms with van der Waals surface area (Å²) < 4.78 is 5.44. The molecule has 38 heavy (non-hydrogen) atoms. The number of tetrazole rings is 1. The highest BCUT2D eigenvalue weighted by Crippen LogP contribution is 2.32. The zero-order chi connectivity index (χ0) is 26.5. The number of rotatable bonds is 9. The lowest BCUT2D eigenvalue weighted by Crippen LogP contribution is -2.47. The third kappa shape index (κ3) is 5.75. The van der Waals surface area contributed by atoms with Gasteiger partial charge in [-0.25, -0.2) is 0 Å². The molecule has 10 heteroatoms. The fraction of sp³-hybridized carbons (Fsp3) is 0.321. The van der Waals surface area contributed by atoms with Gasteiger partial charge in [0.15, 0.2) is 0 Å². The molecule has 2 aromatic carbocycles. The van der Waals surface area contributed by atoms with E-state index in [4.69, 9.17) is 4.74 Å². The molecule has 0 radical (unpaired) electrons. The van der Waals surface area contributed by atoms with Crippen molar-refractivity contribution in [3.8, 4) is 16.5 Å². The van der Waals surface area contributed by atoms with Crippen molar-refractivity contribution >= 4 is 28.8 Å². The number of nitrogens with one attached hydrogen (secondary N) is 1. The monoisotopic (exact) mass is 530 g/mol. The van der Waals surface area contributed by atoms with E-state index in [1.807, 2.05) is 48.7 Å². The molecule has 1 unspecified atom stereocenters. The van der Waals surface area contributed by atoms with Crippen molar-refractivity contribution in [3.05, 3.63) is 77.2 Å². The molecule has 196 valence electrons. The van der Waals surface area contributed by atoms with E-state index in [2.05, 4.69) is 20.7 Å². The van der Waals surface area contributed by atoms with Gasteiger partial charge in [0.05, 0.1) is 12.0 Å². The van der Waals surface area contributed by atoms with Gasteiger partial charge in [-0.15, -0.1) is 21.5 Å². The van der Waals surface area contributed by atoms with E-state index in [1.54, 1.807) is 31.4 Å². The van der Waals surface area contributed by atoms with Crippen molar-refractivity contribution in [3.63, 3.8) is 0 Å². The van der Waals surface area contributed by atoms with Crippen molar-refractivity contribution in [2.45, 2.75) is 51.2 Å². The highest BCUT2D eigenvalue weighted by Gasteiger charge is 2.35. The maximum atomic E-state index is 14.0. The van der Waals surface area contributed by atoms with Crippen molar-refractivity contribution in [2.24, 2.45) is 0 Å². The van der Waals surface area contributed by atoms with Crippen LogP contribution in [-0.4, -0.2) is 45.2 Å². The maximum absolute atomic E-state index is 14.0. The van der Waals surface area contributed by atoms with E-state index in [1.165, 1.54) is 21.0 Å². The normalized spacial score (nSPS) is 14.3. The number of amides is 2. The molecule has 1 saturated carbocycles. The number of aryl methyl sites for hydroxylation is 1. The summed E-state index contributed by atoms with van der Waals surface area (Å²) in [6.07, 6.45) is 4.05. The van der Waals surface area contributed by atoms with Crippen LogP contribution in [-0.2, 0) is 16.1 Å². The Morgan fingerprint density at radius 1 is 1.13 bits per heavy atom. The minimum Gasteiger partial charge on any atom is -0.497 e. The first-order valence-electron chi connectivity index (χ1n) is 12.7. The fourth-order valence-corrected chi connectivity index (χ4v) is 5.37. The number of hydrogen-bond acceptors (Lipinski definition) is 7. The standard InChI is InChI=1S/C28H30N6O3S/c1-19-12-14-20(15-13-19)26(28(36)29-21-7-3-4-8-21)34(22-9-5-10-23(17-22)37-2)25(35)18-33-31-27(30-32-33)24-11-6-16-38-24/h5-6,9-17,21,26H,3-4,7-8,18H2,1-2H3,(H,29,36). The van der Waals surface area contributed by atoms with Gasteiger partial charge < -0.3 is 10.1 Å². The molecule has 0 bridgehead atoms. The Labute approximate surface area is 225 Å². The van der Waals surface area contributed by atoms with Crippen LogP contribution in [0.1, 0.15) is 42.9 Å². The molecule has 0 spiro atoms. The average Bonchev–Trinajstić information content (AvgIpc) is 3.71.